The van der Waals surface area contributed by atoms with Gasteiger partial charge < -0.3 is 16.0 Å². The van der Waals surface area contributed by atoms with E-state index in [1.165, 1.54) is 12.1 Å². The Balaban J connectivity index is 2.27. The molecule has 0 bridgehead atoms. The number of hydrogen-bond acceptors (Lipinski definition) is 6. The standard InChI is InChI=1S/C11H15N5O3/c1-13-9-4-8(16(18)19)5-10(14-9)15-3-2-7(6-15)11(12)17/h4-5,7H,2-3,6H2,1H3,(H2,12,17)(H,13,14). The number of aromatic nitrogens is 1. The van der Waals surface area contributed by atoms with Crippen LogP contribution in [-0.2, 0) is 4.79 Å². The topological polar surface area (TPSA) is 114 Å². The molecule has 19 heavy (non-hydrogen) atoms. The molecule has 0 aliphatic carbocycles. The van der Waals surface area contributed by atoms with Crippen molar-refractivity contribution < 1.29 is 9.72 Å². The number of primary amides is 1. The Bertz CT molecular complexity index is 519. The molecule has 1 amide bonds. The lowest BCUT2D eigenvalue weighted by Gasteiger charge is -2.17. The normalized spacial score (nSPS) is 18.4. The van der Waals surface area contributed by atoms with E-state index in [9.17, 15) is 14.9 Å². The molecule has 0 aromatic carbocycles. The van der Waals surface area contributed by atoms with E-state index in [0.717, 1.165) is 0 Å². The lowest BCUT2D eigenvalue weighted by atomic mass is 10.1. The summed E-state index contributed by atoms with van der Waals surface area (Å²) in [7, 11) is 1.64. The van der Waals surface area contributed by atoms with Crippen LogP contribution in [0.3, 0.4) is 0 Å². The van der Waals surface area contributed by atoms with Crippen molar-refractivity contribution in [3.05, 3.63) is 22.2 Å². The van der Waals surface area contributed by atoms with E-state index in [2.05, 4.69) is 10.3 Å². The van der Waals surface area contributed by atoms with Crippen molar-refractivity contribution in [2.75, 3.05) is 30.4 Å². The van der Waals surface area contributed by atoms with Crippen LogP contribution in [0.4, 0.5) is 17.3 Å². The SMILES string of the molecule is CNc1cc([N+](=O)[O-])cc(N2CCC(C(N)=O)C2)n1. The summed E-state index contributed by atoms with van der Waals surface area (Å²) >= 11 is 0. The first-order valence-corrected chi connectivity index (χ1v) is 5.89. The monoisotopic (exact) mass is 265 g/mol. The molecule has 1 aromatic rings. The largest absolute Gasteiger partial charge is 0.373 e. The van der Waals surface area contributed by atoms with Crippen LogP contribution in [0.15, 0.2) is 12.1 Å². The summed E-state index contributed by atoms with van der Waals surface area (Å²) in [5.41, 5.74) is 5.23. The molecule has 0 saturated carbocycles. The van der Waals surface area contributed by atoms with Gasteiger partial charge in [0.2, 0.25) is 5.91 Å². The summed E-state index contributed by atoms with van der Waals surface area (Å²) in [6, 6.07) is 2.77. The average molecular weight is 265 g/mol. The quantitative estimate of drug-likeness (QED) is 0.599. The molecule has 1 aliphatic rings. The van der Waals surface area contributed by atoms with E-state index in [1.807, 2.05) is 4.90 Å². The second-order valence-electron chi connectivity index (χ2n) is 4.41. The van der Waals surface area contributed by atoms with Crippen LogP contribution in [0.25, 0.3) is 0 Å². The molecular formula is C11H15N5O3. The van der Waals surface area contributed by atoms with Crippen LogP contribution in [-0.4, -0.2) is 36.0 Å². The molecule has 1 saturated heterocycles. The lowest BCUT2D eigenvalue weighted by Crippen LogP contribution is -2.27. The molecule has 1 fully saturated rings. The Morgan fingerprint density at radius 3 is 2.89 bits per heavy atom. The Kier molecular flexibility index (Phi) is 3.50. The first-order valence-electron chi connectivity index (χ1n) is 5.89. The number of pyridine rings is 1. The van der Waals surface area contributed by atoms with E-state index in [-0.39, 0.29) is 17.5 Å². The molecule has 8 nitrogen and oxygen atoms in total. The van der Waals surface area contributed by atoms with Crippen LogP contribution in [0.1, 0.15) is 6.42 Å². The van der Waals surface area contributed by atoms with Gasteiger partial charge >= 0.3 is 0 Å². The third kappa shape index (κ3) is 2.72. The van der Waals surface area contributed by atoms with E-state index in [4.69, 9.17) is 5.73 Å². The second-order valence-corrected chi connectivity index (χ2v) is 4.41. The summed E-state index contributed by atoms with van der Waals surface area (Å²) in [5, 5.41) is 13.7. The Morgan fingerprint density at radius 2 is 2.37 bits per heavy atom. The Labute approximate surface area is 109 Å². The van der Waals surface area contributed by atoms with Crippen molar-refractivity contribution in [1.29, 1.82) is 0 Å². The Morgan fingerprint density at radius 1 is 1.63 bits per heavy atom. The minimum atomic E-state index is -0.465. The fourth-order valence-electron chi connectivity index (χ4n) is 2.10. The number of amides is 1. The number of nitro groups is 1. The van der Waals surface area contributed by atoms with E-state index in [1.54, 1.807) is 7.05 Å². The van der Waals surface area contributed by atoms with Crippen molar-refractivity contribution in [2.24, 2.45) is 11.7 Å². The highest BCUT2D eigenvalue weighted by Crippen LogP contribution is 2.27. The van der Waals surface area contributed by atoms with Gasteiger partial charge in [0, 0.05) is 20.1 Å². The molecule has 0 spiro atoms. The highest BCUT2D eigenvalue weighted by Gasteiger charge is 2.28. The van der Waals surface area contributed by atoms with E-state index in [0.29, 0.717) is 31.1 Å². The second kappa shape index (κ2) is 5.09. The fraction of sp³-hybridized carbons (Fsp3) is 0.455. The van der Waals surface area contributed by atoms with Crippen LogP contribution >= 0.6 is 0 Å². The maximum absolute atomic E-state index is 11.1. The molecule has 8 heteroatoms. The maximum Gasteiger partial charge on any atom is 0.276 e. The zero-order valence-corrected chi connectivity index (χ0v) is 10.5. The van der Waals surface area contributed by atoms with Crippen LogP contribution in [0.2, 0.25) is 0 Å². The first kappa shape index (κ1) is 13.1. The minimum Gasteiger partial charge on any atom is -0.373 e. The fourth-order valence-corrected chi connectivity index (χ4v) is 2.10. The van der Waals surface area contributed by atoms with Crippen molar-refractivity contribution in [3.8, 4) is 0 Å². The van der Waals surface area contributed by atoms with Gasteiger partial charge in [0.05, 0.1) is 23.0 Å². The van der Waals surface area contributed by atoms with Gasteiger partial charge in [0.1, 0.15) is 11.6 Å². The summed E-state index contributed by atoms with van der Waals surface area (Å²) in [6.45, 7) is 1.07. The van der Waals surface area contributed by atoms with Crippen LogP contribution in [0, 0.1) is 16.0 Å². The number of nitrogens with zero attached hydrogens (tertiary/aromatic N) is 3. The molecule has 102 valence electrons. The summed E-state index contributed by atoms with van der Waals surface area (Å²) < 4.78 is 0. The maximum atomic E-state index is 11.1. The van der Waals surface area contributed by atoms with E-state index < -0.39 is 4.92 Å². The Hall–Kier alpha value is -2.38. The summed E-state index contributed by atoms with van der Waals surface area (Å²) in [4.78, 5) is 27.6. The number of rotatable bonds is 4. The molecule has 2 rings (SSSR count). The molecule has 1 atom stereocenters. The third-order valence-electron chi connectivity index (χ3n) is 3.18. The number of hydrogen-bond donors (Lipinski definition) is 2. The molecule has 1 unspecified atom stereocenters. The van der Waals surface area contributed by atoms with Gasteiger partial charge in [0.25, 0.3) is 5.69 Å². The third-order valence-corrected chi connectivity index (χ3v) is 3.18. The number of carbonyl (C=O) groups is 1. The number of nitrogens with one attached hydrogen (secondary N) is 1. The van der Waals surface area contributed by atoms with Crippen LogP contribution in [0.5, 0.6) is 0 Å². The van der Waals surface area contributed by atoms with Crippen molar-refractivity contribution >= 4 is 23.2 Å². The van der Waals surface area contributed by atoms with Crippen LogP contribution < -0.4 is 16.0 Å². The summed E-state index contributed by atoms with van der Waals surface area (Å²) in [5.74, 6) is 0.342. The average Bonchev–Trinajstić information content (AvgIpc) is 2.87. The number of anilines is 2. The zero-order valence-electron chi connectivity index (χ0n) is 10.5. The van der Waals surface area contributed by atoms with Crippen molar-refractivity contribution in [3.63, 3.8) is 0 Å². The zero-order chi connectivity index (χ0) is 14.0. The smallest absolute Gasteiger partial charge is 0.276 e. The van der Waals surface area contributed by atoms with Gasteiger partial charge in [-0.15, -0.1) is 0 Å². The van der Waals surface area contributed by atoms with Gasteiger partial charge in [-0.2, -0.15) is 0 Å². The molecule has 1 aliphatic heterocycles. The van der Waals surface area contributed by atoms with Gasteiger partial charge in [-0.05, 0) is 6.42 Å². The van der Waals surface area contributed by atoms with Crippen molar-refractivity contribution in [2.45, 2.75) is 6.42 Å². The minimum absolute atomic E-state index is 0.0307. The highest BCUT2D eigenvalue weighted by molar-refractivity contribution is 5.78. The molecule has 3 N–H and O–H groups in total. The van der Waals surface area contributed by atoms with Gasteiger partial charge in [0.15, 0.2) is 0 Å². The number of carbonyl (C=O) groups excluding carboxylic acids is 1. The van der Waals surface area contributed by atoms with E-state index >= 15 is 0 Å². The van der Waals surface area contributed by atoms with Crippen molar-refractivity contribution in [1.82, 2.24) is 4.98 Å². The van der Waals surface area contributed by atoms with Gasteiger partial charge in [-0.1, -0.05) is 0 Å². The molecule has 2 heterocycles. The lowest BCUT2D eigenvalue weighted by molar-refractivity contribution is -0.384. The first-order chi connectivity index (χ1) is 9.01. The van der Waals surface area contributed by atoms with Gasteiger partial charge in [-0.25, -0.2) is 4.98 Å². The highest BCUT2D eigenvalue weighted by atomic mass is 16.6. The predicted octanol–water partition coefficient (Wildman–Crippen LogP) is 0.343. The number of nitrogens with two attached hydrogens (primary N) is 1. The predicted molar refractivity (Wildman–Crippen MR) is 70.0 cm³/mol. The van der Waals surface area contributed by atoms with Gasteiger partial charge in [-0.3, -0.25) is 14.9 Å². The molecular weight excluding hydrogens is 250 g/mol. The molecule has 1 aromatic heterocycles. The summed E-state index contributed by atoms with van der Waals surface area (Å²) in [6.07, 6.45) is 0.647. The molecule has 0 radical (unpaired) electrons.